The number of anilines is 1. The zero-order valence-electron chi connectivity index (χ0n) is 7.54. The van der Waals surface area contributed by atoms with Crippen molar-refractivity contribution in [2.45, 2.75) is 12.6 Å². The van der Waals surface area contributed by atoms with E-state index in [1.165, 1.54) is 0 Å². The van der Waals surface area contributed by atoms with Crippen LogP contribution in [0.15, 0.2) is 18.2 Å². The zero-order valence-corrected chi connectivity index (χ0v) is 7.54. The first kappa shape index (κ1) is 11.7. The molecule has 6 heteroatoms. The molecule has 0 saturated carbocycles. The van der Waals surface area contributed by atoms with Crippen LogP contribution in [-0.4, -0.2) is 12.7 Å². The molecule has 0 atom stereocenters. The van der Waals surface area contributed by atoms with E-state index in [0.29, 0.717) is 6.07 Å². The summed E-state index contributed by atoms with van der Waals surface area (Å²) in [6.45, 7) is -0.438. The minimum Gasteiger partial charge on any atom is -0.382 e. The van der Waals surface area contributed by atoms with Gasteiger partial charge in [0.15, 0.2) is 0 Å². The van der Waals surface area contributed by atoms with Gasteiger partial charge in [-0.05, 0) is 12.1 Å². The highest BCUT2D eigenvalue weighted by molar-refractivity contribution is 5.44. The second kappa shape index (κ2) is 4.46. The fourth-order valence-corrected chi connectivity index (χ4v) is 0.972. The van der Waals surface area contributed by atoms with E-state index in [9.17, 15) is 22.0 Å². The van der Waals surface area contributed by atoms with E-state index < -0.39 is 30.8 Å². The highest BCUT2D eigenvalue weighted by atomic mass is 19.4. The lowest BCUT2D eigenvalue weighted by Gasteiger charge is -2.09. The largest absolute Gasteiger partial charge is 0.390 e. The molecule has 0 aliphatic heterocycles. The van der Waals surface area contributed by atoms with Crippen molar-refractivity contribution >= 4 is 5.69 Å². The molecule has 84 valence electrons. The number of benzene rings is 1. The van der Waals surface area contributed by atoms with Gasteiger partial charge in [0.05, 0.1) is 12.1 Å². The Kier molecular flexibility index (Phi) is 3.49. The van der Waals surface area contributed by atoms with Crippen LogP contribution in [0, 0.1) is 11.6 Å². The summed E-state index contributed by atoms with van der Waals surface area (Å²) in [6.07, 6.45) is -5.35. The molecule has 1 N–H and O–H groups in total. The lowest BCUT2D eigenvalue weighted by molar-refractivity contribution is -0.131. The van der Waals surface area contributed by atoms with Crippen molar-refractivity contribution in [3.05, 3.63) is 29.8 Å². The number of hydrogen-bond donors (Lipinski definition) is 1. The van der Waals surface area contributed by atoms with Crippen molar-refractivity contribution in [2.75, 3.05) is 11.9 Å². The molecule has 0 radical (unpaired) electrons. The first-order chi connectivity index (χ1) is 6.88. The second-order valence-corrected chi connectivity index (χ2v) is 2.92. The van der Waals surface area contributed by atoms with Gasteiger partial charge < -0.3 is 5.32 Å². The Morgan fingerprint density at radius 1 is 1.13 bits per heavy atom. The van der Waals surface area contributed by atoms with E-state index in [4.69, 9.17) is 0 Å². The third kappa shape index (κ3) is 4.14. The minimum atomic E-state index is -4.29. The summed E-state index contributed by atoms with van der Waals surface area (Å²) in [5.74, 6) is -1.67. The van der Waals surface area contributed by atoms with E-state index in [1.54, 1.807) is 0 Å². The van der Waals surface area contributed by atoms with Crippen molar-refractivity contribution < 1.29 is 22.0 Å². The maximum atomic E-state index is 12.9. The van der Waals surface area contributed by atoms with Crippen LogP contribution in [0.2, 0.25) is 0 Å². The van der Waals surface area contributed by atoms with Crippen molar-refractivity contribution in [1.82, 2.24) is 0 Å². The summed E-state index contributed by atoms with van der Waals surface area (Å²) in [5, 5.41) is 2.24. The Morgan fingerprint density at radius 2 is 1.80 bits per heavy atom. The van der Waals surface area contributed by atoms with Gasteiger partial charge in [-0.1, -0.05) is 0 Å². The maximum absolute atomic E-state index is 12.9. The quantitative estimate of drug-likeness (QED) is 0.778. The third-order valence-corrected chi connectivity index (χ3v) is 1.66. The van der Waals surface area contributed by atoms with Crippen molar-refractivity contribution in [1.29, 1.82) is 0 Å². The lowest BCUT2D eigenvalue weighted by Crippen LogP contribution is -2.15. The smallest absolute Gasteiger partial charge is 0.382 e. The summed E-state index contributed by atoms with van der Waals surface area (Å²) < 4.78 is 60.5. The molecule has 0 aliphatic carbocycles. The molecule has 0 bridgehead atoms. The van der Waals surface area contributed by atoms with E-state index in [1.807, 2.05) is 0 Å². The third-order valence-electron chi connectivity index (χ3n) is 1.66. The first-order valence-corrected chi connectivity index (χ1v) is 4.14. The summed E-state index contributed by atoms with van der Waals surface area (Å²) in [7, 11) is 0. The average molecular weight is 225 g/mol. The minimum absolute atomic E-state index is 0.138. The molecule has 1 rings (SSSR count). The number of halogens is 5. The predicted molar refractivity (Wildman–Crippen MR) is 45.5 cm³/mol. The van der Waals surface area contributed by atoms with Crippen molar-refractivity contribution in [3.8, 4) is 0 Å². The van der Waals surface area contributed by atoms with E-state index in [2.05, 4.69) is 5.32 Å². The lowest BCUT2D eigenvalue weighted by atomic mass is 10.3. The SMILES string of the molecule is Fc1ccc(NCCC(F)(F)F)c(F)c1. The van der Waals surface area contributed by atoms with Crippen LogP contribution in [-0.2, 0) is 0 Å². The molecule has 0 fully saturated rings. The van der Waals surface area contributed by atoms with Crippen LogP contribution < -0.4 is 5.32 Å². The van der Waals surface area contributed by atoms with E-state index in [0.717, 1.165) is 12.1 Å². The maximum Gasteiger partial charge on any atom is 0.390 e. The monoisotopic (exact) mass is 225 g/mol. The van der Waals surface area contributed by atoms with Gasteiger partial charge in [0.25, 0.3) is 0 Å². The highest BCUT2D eigenvalue weighted by Gasteiger charge is 2.26. The Morgan fingerprint density at radius 3 is 2.33 bits per heavy atom. The normalized spacial score (nSPS) is 11.5. The van der Waals surface area contributed by atoms with Gasteiger partial charge in [-0.2, -0.15) is 13.2 Å². The number of hydrogen-bond acceptors (Lipinski definition) is 1. The Labute approximate surface area is 82.9 Å². The molecule has 0 saturated heterocycles. The van der Waals surface area contributed by atoms with Gasteiger partial charge in [-0.25, -0.2) is 8.78 Å². The fourth-order valence-electron chi connectivity index (χ4n) is 0.972. The van der Waals surface area contributed by atoms with E-state index >= 15 is 0 Å². The van der Waals surface area contributed by atoms with Crippen LogP contribution in [0.3, 0.4) is 0 Å². The van der Waals surface area contributed by atoms with Crippen LogP contribution in [0.5, 0.6) is 0 Å². The average Bonchev–Trinajstić information content (AvgIpc) is 2.07. The number of nitrogens with one attached hydrogen (secondary N) is 1. The second-order valence-electron chi connectivity index (χ2n) is 2.92. The van der Waals surface area contributed by atoms with Crippen LogP contribution in [0.4, 0.5) is 27.6 Å². The Balaban J connectivity index is 2.51. The van der Waals surface area contributed by atoms with Gasteiger partial charge in [-0.15, -0.1) is 0 Å². The standard InChI is InChI=1S/C9H8F5N/c10-6-1-2-8(7(11)5-6)15-4-3-9(12,13)14/h1-2,5,15H,3-4H2. The van der Waals surface area contributed by atoms with Gasteiger partial charge in [-0.3, -0.25) is 0 Å². The summed E-state index contributed by atoms with van der Waals surface area (Å²) >= 11 is 0. The van der Waals surface area contributed by atoms with Crippen LogP contribution in [0.25, 0.3) is 0 Å². The Hall–Kier alpha value is -1.33. The molecule has 1 aromatic carbocycles. The summed E-state index contributed by atoms with van der Waals surface area (Å²) in [5.41, 5.74) is -0.138. The predicted octanol–water partition coefficient (Wildman–Crippen LogP) is 3.33. The molecule has 0 amide bonds. The van der Waals surface area contributed by atoms with E-state index in [-0.39, 0.29) is 5.69 Å². The fraction of sp³-hybridized carbons (Fsp3) is 0.333. The van der Waals surface area contributed by atoms with Crippen molar-refractivity contribution in [3.63, 3.8) is 0 Å². The number of rotatable bonds is 3. The van der Waals surface area contributed by atoms with Crippen LogP contribution in [0.1, 0.15) is 6.42 Å². The molecular formula is C9H8F5N. The topological polar surface area (TPSA) is 12.0 Å². The van der Waals surface area contributed by atoms with Gasteiger partial charge >= 0.3 is 6.18 Å². The summed E-state index contributed by atoms with van der Waals surface area (Å²) in [6, 6.07) is 2.63. The first-order valence-electron chi connectivity index (χ1n) is 4.14. The molecule has 1 aromatic rings. The molecule has 0 heterocycles. The molecular weight excluding hydrogens is 217 g/mol. The van der Waals surface area contributed by atoms with Gasteiger partial charge in [0.1, 0.15) is 11.6 Å². The molecule has 0 aromatic heterocycles. The Bertz CT molecular complexity index is 334. The van der Waals surface area contributed by atoms with Gasteiger partial charge in [0.2, 0.25) is 0 Å². The highest BCUT2D eigenvalue weighted by Crippen LogP contribution is 2.20. The van der Waals surface area contributed by atoms with Crippen LogP contribution >= 0.6 is 0 Å². The molecule has 0 spiro atoms. The molecule has 0 unspecified atom stereocenters. The molecule has 1 nitrogen and oxygen atoms in total. The summed E-state index contributed by atoms with van der Waals surface area (Å²) in [4.78, 5) is 0. The van der Waals surface area contributed by atoms with Crippen molar-refractivity contribution in [2.24, 2.45) is 0 Å². The molecule has 0 aliphatic rings. The zero-order chi connectivity index (χ0) is 11.5. The van der Waals surface area contributed by atoms with Gasteiger partial charge in [0, 0.05) is 12.6 Å². The number of alkyl halides is 3. The molecule has 15 heavy (non-hydrogen) atoms.